The number of likely N-dealkylation sites (tertiary alicyclic amines) is 1. The Balaban J connectivity index is 1.96. The first-order valence-corrected chi connectivity index (χ1v) is 7.13. The van der Waals surface area contributed by atoms with Gasteiger partial charge in [0.05, 0.1) is 11.9 Å². The van der Waals surface area contributed by atoms with E-state index in [0.717, 1.165) is 31.1 Å². The second-order valence-electron chi connectivity index (χ2n) is 5.31. The molecule has 0 aromatic carbocycles. The molecule has 1 aromatic heterocycles. The van der Waals surface area contributed by atoms with E-state index in [4.69, 9.17) is 0 Å². The van der Waals surface area contributed by atoms with E-state index in [1.807, 2.05) is 12.4 Å². The van der Waals surface area contributed by atoms with Gasteiger partial charge in [0, 0.05) is 32.4 Å². The lowest BCUT2D eigenvalue weighted by molar-refractivity contribution is 0.314. The van der Waals surface area contributed by atoms with Crippen LogP contribution in [0.4, 0.5) is 5.82 Å². The van der Waals surface area contributed by atoms with Crippen LogP contribution >= 0.6 is 0 Å². The molecular weight excluding hydrogens is 238 g/mol. The summed E-state index contributed by atoms with van der Waals surface area (Å²) in [5.74, 6) is 0.968. The fourth-order valence-corrected chi connectivity index (χ4v) is 2.54. The molecular formula is C14H25N5. The Morgan fingerprint density at radius 1 is 1.47 bits per heavy atom. The van der Waals surface area contributed by atoms with Crippen molar-refractivity contribution in [1.82, 2.24) is 20.2 Å². The van der Waals surface area contributed by atoms with Crippen LogP contribution in [0.1, 0.15) is 25.5 Å². The van der Waals surface area contributed by atoms with Gasteiger partial charge in [-0.25, -0.2) is 4.98 Å². The summed E-state index contributed by atoms with van der Waals surface area (Å²) in [5, 5.41) is 3.28. The maximum atomic E-state index is 4.66. The van der Waals surface area contributed by atoms with Crippen LogP contribution in [0.5, 0.6) is 0 Å². The number of nitrogens with one attached hydrogen (secondary N) is 1. The average Bonchev–Trinajstić information content (AvgIpc) is 2.82. The highest BCUT2D eigenvalue weighted by Crippen LogP contribution is 2.17. The zero-order chi connectivity index (χ0) is 13.7. The van der Waals surface area contributed by atoms with Crippen molar-refractivity contribution in [2.24, 2.45) is 0 Å². The van der Waals surface area contributed by atoms with Gasteiger partial charge in [-0.1, -0.05) is 6.92 Å². The van der Waals surface area contributed by atoms with Crippen molar-refractivity contribution >= 4 is 5.82 Å². The Bertz CT molecular complexity index is 395. The minimum absolute atomic E-state index is 0.643. The summed E-state index contributed by atoms with van der Waals surface area (Å²) in [6, 6.07) is 0.643. The van der Waals surface area contributed by atoms with E-state index in [1.165, 1.54) is 19.4 Å². The van der Waals surface area contributed by atoms with Crippen LogP contribution in [-0.4, -0.2) is 54.6 Å². The molecule has 0 saturated carbocycles. The fourth-order valence-electron chi connectivity index (χ4n) is 2.54. The molecule has 2 heterocycles. The minimum atomic E-state index is 0.643. The first-order valence-electron chi connectivity index (χ1n) is 7.13. The van der Waals surface area contributed by atoms with Crippen molar-refractivity contribution < 1.29 is 0 Å². The quantitative estimate of drug-likeness (QED) is 0.833. The molecule has 1 aliphatic rings. The molecule has 106 valence electrons. The van der Waals surface area contributed by atoms with E-state index in [9.17, 15) is 0 Å². The third-order valence-corrected chi connectivity index (χ3v) is 3.78. The number of aromatic nitrogens is 2. The van der Waals surface area contributed by atoms with Crippen LogP contribution in [-0.2, 0) is 6.54 Å². The van der Waals surface area contributed by atoms with Crippen LogP contribution in [0.15, 0.2) is 12.4 Å². The zero-order valence-corrected chi connectivity index (χ0v) is 12.3. The van der Waals surface area contributed by atoms with Crippen molar-refractivity contribution in [2.45, 2.75) is 32.4 Å². The van der Waals surface area contributed by atoms with E-state index in [-0.39, 0.29) is 0 Å². The summed E-state index contributed by atoms with van der Waals surface area (Å²) in [5.41, 5.74) is 1.01. The van der Waals surface area contributed by atoms with Gasteiger partial charge < -0.3 is 15.1 Å². The predicted molar refractivity (Wildman–Crippen MR) is 78.3 cm³/mol. The van der Waals surface area contributed by atoms with Gasteiger partial charge in [0.1, 0.15) is 5.82 Å². The smallest absolute Gasteiger partial charge is 0.147 e. The van der Waals surface area contributed by atoms with E-state index in [1.54, 1.807) is 0 Å². The Labute approximate surface area is 116 Å². The molecule has 0 bridgehead atoms. The molecule has 1 aliphatic heterocycles. The third-order valence-electron chi connectivity index (χ3n) is 3.78. The fraction of sp³-hybridized carbons (Fsp3) is 0.714. The van der Waals surface area contributed by atoms with Gasteiger partial charge in [0.15, 0.2) is 0 Å². The summed E-state index contributed by atoms with van der Waals surface area (Å²) in [7, 11) is 4.31. The molecule has 5 heteroatoms. The summed E-state index contributed by atoms with van der Waals surface area (Å²) < 4.78 is 0. The van der Waals surface area contributed by atoms with Crippen LogP contribution in [0, 0.1) is 0 Å². The van der Waals surface area contributed by atoms with Crippen LogP contribution in [0.2, 0.25) is 0 Å². The highest BCUT2D eigenvalue weighted by molar-refractivity contribution is 5.35. The van der Waals surface area contributed by atoms with Crippen molar-refractivity contribution in [3.8, 4) is 0 Å². The Morgan fingerprint density at radius 3 is 3.00 bits per heavy atom. The van der Waals surface area contributed by atoms with Crippen molar-refractivity contribution in [3.63, 3.8) is 0 Å². The van der Waals surface area contributed by atoms with Gasteiger partial charge in [-0.15, -0.1) is 0 Å². The van der Waals surface area contributed by atoms with Gasteiger partial charge in [-0.3, -0.25) is 4.98 Å². The molecule has 1 unspecified atom stereocenters. The molecule has 5 nitrogen and oxygen atoms in total. The summed E-state index contributed by atoms with van der Waals surface area (Å²) >= 11 is 0. The lowest BCUT2D eigenvalue weighted by Crippen LogP contribution is -2.37. The summed E-state index contributed by atoms with van der Waals surface area (Å²) in [6.07, 6.45) is 6.28. The molecule has 19 heavy (non-hydrogen) atoms. The van der Waals surface area contributed by atoms with Gasteiger partial charge in [-0.2, -0.15) is 0 Å². The molecule has 0 radical (unpaired) electrons. The van der Waals surface area contributed by atoms with Crippen LogP contribution in [0.3, 0.4) is 0 Å². The first-order chi connectivity index (χ1) is 9.20. The largest absolute Gasteiger partial charge is 0.357 e. The maximum Gasteiger partial charge on any atom is 0.147 e. The number of hydrogen-bond donors (Lipinski definition) is 1. The van der Waals surface area contributed by atoms with E-state index in [0.29, 0.717) is 6.04 Å². The number of rotatable bonds is 6. The minimum Gasteiger partial charge on any atom is -0.357 e. The summed E-state index contributed by atoms with van der Waals surface area (Å²) in [4.78, 5) is 13.6. The number of anilines is 1. The Morgan fingerprint density at radius 2 is 2.32 bits per heavy atom. The van der Waals surface area contributed by atoms with Crippen LogP contribution in [0.25, 0.3) is 0 Å². The monoisotopic (exact) mass is 263 g/mol. The first kappa shape index (κ1) is 14.2. The Hall–Kier alpha value is -1.20. The molecule has 2 rings (SSSR count). The molecule has 1 N–H and O–H groups in total. The average molecular weight is 263 g/mol. The predicted octanol–water partition coefficient (Wildman–Crippen LogP) is 1.12. The maximum absolute atomic E-state index is 4.66. The number of hydrogen-bond acceptors (Lipinski definition) is 5. The number of likely N-dealkylation sites (N-methyl/N-ethyl adjacent to an activating group) is 2. The van der Waals surface area contributed by atoms with Crippen molar-refractivity contribution in [1.29, 1.82) is 0 Å². The zero-order valence-electron chi connectivity index (χ0n) is 12.3. The van der Waals surface area contributed by atoms with Gasteiger partial charge in [0.2, 0.25) is 0 Å². The Kier molecular flexibility index (Phi) is 5.10. The molecule has 0 spiro atoms. The molecule has 1 fully saturated rings. The molecule has 1 aromatic rings. The normalized spacial score (nSPS) is 19.8. The second-order valence-corrected chi connectivity index (χ2v) is 5.31. The van der Waals surface area contributed by atoms with Gasteiger partial charge in [0.25, 0.3) is 0 Å². The van der Waals surface area contributed by atoms with E-state index < -0.39 is 0 Å². The van der Waals surface area contributed by atoms with Crippen LogP contribution < -0.4 is 10.2 Å². The lowest BCUT2D eigenvalue weighted by Gasteiger charge is -2.26. The summed E-state index contributed by atoms with van der Waals surface area (Å²) in [6.45, 7) is 6.07. The molecule has 0 aliphatic carbocycles. The highest BCUT2D eigenvalue weighted by Gasteiger charge is 2.22. The van der Waals surface area contributed by atoms with Gasteiger partial charge >= 0.3 is 0 Å². The SMILES string of the molecule is CCNCc1cncc(N(C)CC2CCCN2C)n1. The standard InChI is InChI=1S/C14H25N5/c1-4-15-8-12-9-16-10-14(17-12)19(3)11-13-6-5-7-18(13)2/h9-10,13,15H,4-8,11H2,1-3H3. The topological polar surface area (TPSA) is 44.3 Å². The highest BCUT2D eigenvalue weighted by atomic mass is 15.2. The molecule has 0 amide bonds. The van der Waals surface area contributed by atoms with Crippen molar-refractivity contribution in [2.75, 3.05) is 38.6 Å². The van der Waals surface area contributed by atoms with Gasteiger partial charge in [-0.05, 0) is 33.0 Å². The van der Waals surface area contributed by atoms with E-state index >= 15 is 0 Å². The van der Waals surface area contributed by atoms with E-state index in [2.05, 4.69) is 46.1 Å². The number of nitrogens with zero attached hydrogens (tertiary/aromatic N) is 4. The second kappa shape index (κ2) is 6.82. The third kappa shape index (κ3) is 3.88. The molecule has 1 atom stereocenters. The molecule has 1 saturated heterocycles. The van der Waals surface area contributed by atoms with Crippen molar-refractivity contribution in [3.05, 3.63) is 18.1 Å². The lowest BCUT2D eigenvalue weighted by atomic mass is 10.2.